The van der Waals surface area contributed by atoms with Crippen molar-refractivity contribution < 1.29 is 4.39 Å². The largest absolute Gasteiger partial charge is 0.398 e. The van der Waals surface area contributed by atoms with E-state index in [1.807, 2.05) is 24.3 Å². The number of nitrogen functional groups attached to an aromatic ring is 1. The predicted molar refractivity (Wildman–Crippen MR) is 75.5 cm³/mol. The Bertz CT molecular complexity index is 543. The zero-order valence-corrected chi connectivity index (χ0v) is 11.4. The first-order valence-electron chi connectivity index (χ1n) is 5.65. The maximum atomic E-state index is 13.5. The molecule has 0 aromatic heterocycles. The minimum atomic E-state index is -0.202. The Morgan fingerprint density at radius 2 is 1.78 bits per heavy atom. The van der Waals surface area contributed by atoms with Crippen molar-refractivity contribution in [3.8, 4) is 0 Å². The minimum absolute atomic E-state index is 0.202. The van der Waals surface area contributed by atoms with E-state index in [0.29, 0.717) is 18.7 Å². The number of halogens is 2. The summed E-state index contributed by atoms with van der Waals surface area (Å²) in [6.07, 6.45) is 0. The van der Waals surface area contributed by atoms with Gasteiger partial charge in [-0.1, -0.05) is 34.1 Å². The van der Waals surface area contributed by atoms with Crippen molar-refractivity contribution in [2.45, 2.75) is 13.1 Å². The summed E-state index contributed by atoms with van der Waals surface area (Å²) in [6, 6.07) is 12.6. The molecule has 0 bridgehead atoms. The number of hydrogen-bond acceptors (Lipinski definition) is 2. The molecule has 0 saturated heterocycles. The molecule has 4 heteroatoms. The molecule has 0 atom stereocenters. The monoisotopic (exact) mass is 308 g/mol. The summed E-state index contributed by atoms with van der Waals surface area (Å²) < 4.78 is 14.4. The van der Waals surface area contributed by atoms with Crippen LogP contribution in [-0.4, -0.2) is 0 Å². The molecule has 0 unspecified atom stereocenters. The highest BCUT2D eigenvalue weighted by atomic mass is 79.9. The minimum Gasteiger partial charge on any atom is -0.398 e. The van der Waals surface area contributed by atoms with Crippen LogP contribution in [0.25, 0.3) is 0 Å². The highest BCUT2D eigenvalue weighted by Crippen LogP contribution is 2.16. The SMILES string of the molecule is Nc1ccccc1CNCc1cc(Br)ccc1F. The molecule has 0 saturated carbocycles. The van der Waals surface area contributed by atoms with E-state index in [1.54, 1.807) is 12.1 Å². The third kappa shape index (κ3) is 3.31. The van der Waals surface area contributed by atoms with E-state index in [0.717, 1.165) is 15.7 Å². The van der Waals surface area contributed by atoms with Crippen molar-refractivity contribution in [2.24, 2.45) is 0 Å². The Kier molecular flexibility index (Phi) is 4.33. The highest BCUT2D eigenvalue weighted by Gasteiger charge is 2.03. The zero-order valence-electron chi connectivity index (χ0n) is 9.79. The van der Waals surface area contributed by atoms with Gasteiger partial charge in [0.25, 0.3) is 0 Å². The number of benzene rings is 2. The van der Waals surface area contributed by atoms with Crippen molar-refractivity contribution >= 4 is 21.6 Å². The van der Waals surface area contributed by atoms with Gasteiger partial charge in [-0.25, -0.2) is 4.39 Å². The van der Waals surface area contributed by atoms with Crippen LogP contribution >= 0.6 is 15.9 Å². The fourth-order valence-electron chi connectivity index (χ4n) is 1.71. The van der Waals surface area contributed by atoms with Gasteiger partial charge in [-0.15, -0.1) is 0 Å². The Morgan fingerprint density at radius 1 is 1.06 bits per heavy atom. The standard InChI is InChI=1S/C14H14BrFN2/c15-12-5-6-13(16)11(7-12)9-18-8-10-3-1-2-4-14(10)17/h1-7,18H,8-9,17H2. The lowest BCUT2D eigenvalue weighted by atomic mass is 10.1. The molecule has 0 aliphatic carbocycles. The zero-order chi connectivity index (χ0) is 13.0. The molecule has 0 fully saturated rings. The average Bonchev–Trinajstić information content (AvgIpc) is 2.36. The molecule has 94 valence electrons. The van der Waals surface area contributed by atoms with E-state index in [2.05, 4.69) is 21.2 Å². The normalized spacial score (nSPS) is 10.6. The topological polar surface area (TPSA) is 38.0 Å². The first kappa shape index (κ1) is 13.1. The van der Waals surface area contributed by atoms with Crippen molar-refractivity contribution in [2.75, 3.05) is 5.73 Å². The van der Waals surface area contributed by atoms with Crippen molar-refractivity contribution in [3.63, 3.8) is 0 Å². The summed E-state index contributed by atoms with van der Waals surface area (Å²) >= 11 is 3.33. The van der Waals surface area contributed by atoms with E-state index in [4.69, 9.17) is 5.73 Å². The van der Waals surface area contributed by atoms with Crippen LogP contribution in [0.2, 0.25) is 0 Å². The quantitative estimate of drug-likeness (QED) is 0.849. The fourth-order valence-corrected chi connectivity index (χ4v) is 2.11. The molecule has 0 radical (unpaired) electrons. The number of rotatable bonds is 4. The Hall–Kier alpha value is -1.39. The second-order valence-corrected chi connectivity index (χ2v) is 4.95. The summed E-state index contributed by atoms with van der Waals surface area (Å²) in [4.78, 5) is 0. The van der Waals surface area contributed by atoms with Gasteiger partial charge in [-0.2, -0.15) is 0 Å². The molecule has 2 nitrogen and oxygen atoms in total. The first-order valence-corrected chi connectivity index (χ1v) is 6.44. The van der Waals surface area contributed by atoms with Gasteiger partial charge in [0, 0.05) is 28.8 Å². The second kappa shape index (κ2) is 5.98. The molecule has 3 N–H and O–H groups in total. The molecule has 0 aliphatic heterocycles. The number of nitrogens with two attached hydrogens (primary N) is 1. The van der Waals surface area contributed by atoms with E-state index < -0.39 is 0 Å². The van der Waals surface area contributed by atoms with Crippen LogP contribution in [0.4, 0.5) is 10.1 Å². The maximum Gasteiger partial charge on any atom is 0.127 e. The first-order chi connectivity index (χ1) is 8.66. The van der Waals surface area contributed by atoms with Gasteiger partial charge in [0.05, 0.1) is 0 Å². The molecule has 0 aliphatic rings. The van der Waals surface area contributed by atoms with Crippen molar-refractivity contribution in [1.82, 2.24) is 5.32 Å². The van der Waals surface area contributed by atoms with E-state index >= 15 is 0 Å². The number of hydrogen-bond donors (Lipinski definition) is 2. The van der Waals surface area contributed by atoms with E-state index in [9.17, 15) is 4.39 Å². The van der Waals surface area contributed by atoms with Crippen molar-refractivity contribution in [1.29, 1.82) is 0 Å². The average molecular weight is 309 g/mol. The van der Waals surface area contributed by atoms with Crippen LogP contribution in [-0.2, 0) is 13.1 Å². The number of anilines is 1. The van der Waals surface area contributed by atoms with Gasteiger partial charge >= 0.3 is 0 Å². The lowest BCUT2D eigenvalue weighted by molar-refractivity contribution is 0.587. The van der Waals surface area contributed by atoms with Gasteiger partial charge in [-0.05, 0) is 29.8 Å². The summed E-state index contributed by atoms with van der Waals surface area (Å²) in [5.74, 6) is -0.202. The molecule has 0 heterocycles. The Balaban J connectivity index is 1.96. The fraction of sp³-hybridized carbons (Fsp3) is 0.143. The number of nitrogens with one attached hydrogen (secondary N) is 1. The van der Waals surface area contributed by atoms with Crippen LogP contribution < -0.4 is 11.1 Å². The third-order valence-corrected chi connectivity index (χ3v) is 3.19. The van der Waals surface area contributed by atoms with Crippen LogP contribution in [0.15, 0.2) is 46.9 Å². The predicted octanol–water partition coefficient (Wildman–Crippen LogP) is 3.46. The Morgan fingerprint density at radius 3 is 2.56 bits per heavy atom. The molecule has 0 amide bonds. The summed E-state index contributed by atoms with van der Waals surface area (Å²) in [7, 11) is 0. The number of para-hydroxylation sites is 1. The van der Waals surface area contributed by atoms with Gasteiger partial charge in [0.15, 0.2) is 0 Å². The molecular formula is C14H14BrFN2. The van der Waals surface area contributed by atoms with E-state index in [1.165, 1.54) is 6.07 Å². The molecular weight excluding hydrogens is 295 g/mol. The molecule has 18 heavy (non-hydrogen) atoms. The highest BCUT2D eigenvalue weighted by molar-refractivity contribution is 9.10. The van der Waals surface area contributed by atoms with Crippen LogP contribution in [0.1, 0.15) is 11.1 Å². The van der Waals surface area contributed by atoms with Gasteiger partial charge in [0.1, 0.15) is 5.82 Å². The molecule has 2 aromatic carbocycles. The van der Waals surface area contributed by atoms with Gasteiger partial charge < -0.3 is 11.1 Å². The van der Waals surface area contributed by atoms with Crippen LogP contribution in [0.5, 0.6) is 0 Å². The smallest absolute Gasteiger partial charge is 0.127 e. The Labute approximate surface area is 114 Å². The lowest BCUT2D eigenvalue weighted by Crippen LogP contribution is -2.14. The lowest BCUT2D eigenvalue weighted by Gasteiger charge is -2.08. The summed E-state index contributed by atoms with van der Waals surface area (Å²) in [5, 5.41) is 3.19. The third-order valence-electron chi connectivity index (χ3n) is 2.69. The van der Waals surface area contributed by atoms with Gasteiger partial charge in [-0.3, -0.25) is 0 Å². The summed E-state index contributed by atoms with van der Waals surface area (Å²) in [6.45, 7) is 1.10. The molecule has 2 rings (SSSR count). The second-order valence-electron chi connectivity index (χ2n) is 4.04. The molecule has 0 spiro atoms. The maximum absolute atomic E-state index is 13.5. The van der Waals surface area contributed by atoms with Crippen LogP contribution in [0.3, 0.4) is 0 Å². The molecule has 2 aromatic rings. The van der Waals surface area contributed by atoms with Crippen LogP contribution in [0, 0.1) is 5.82 Å². The van der Waals surface area contributed by atoms with Crippen molar-refractivity contribution in [3.05, 3.63) is 63.9 Å². The van der Waals surface area contributed by atoms with E-state index in [-0.39, 0.29) is 5.82 Å². The van der Waals surface area contributed by atoms with Gasteiger partial charge in [0.2, 0.25) is 0 Å². The summed E-state index contributed by atoms with van der Waals surface area (Å²) in [5.41, 5.74) is 8.24.